The number of aliphatic hydroxyl groups excluding tert-OH is 1. The van der Waals surface area contributed by atoms with Crippen molar-refractivity contribution in [2.24, 2.45) is 5.92 Å². The fourth-order valence-corrected chi connectivity index (χ4v) is 2.64. The van der Waals surface area contributed by atoms with Crippen LogP contribution in [0.1, 0.15) is 44.9 Å². The van der Waals surface area contributed by atoms with Crippen LogP contribution in [-0.4, -0.2) is 27.7 Å². The van der Waals surface area contributed by atoms with E-state index in [1.807, 2.05) is 0 Å². The largest absolute Gasteiger partial charge is 0.393 e. The summed E-state index contributed by atoms with van der Waals surface area (Å²) >= 11 is 0. The third kappa shape index (κ3) is 4.35. The van der Waals surface area contributed by atoms with Crippen LogP contribution in [0.15, 0.2) is 6.07 Å². The summed E-state index contributed by atoms with van der Waals surface area (Å²) in [6.45, 7) is 2.95. The maximum atomic E-state index is 9.66. The molecule has 1 fully saturated rings. The van der Waals surface area contributed by atoms with Crippen molar-refractivity contribution in [2.45, 2.75) is 51.6 Å². The highest BCUT2D eigenvalue weighted by molar-refractivity contribution is 5.44. The summed E-state index contributed by atoms with van der Waals surface area (Å²) in [4.78, 5) is 8.68. The Morgan fingerprint density at radius 1 is 1.42 bits per heavy atom. The van der Waals surface area contributed by atoms with Gasteiger partial charge in [0.05, 0.1) is 6.10 Å². The molecule has 0 bridgehead atoms. The molecule has 5 heteroatoms. The predicted molar refractivity (Wildman–Crippen MR) is 76.9 cm³/mol. The van der Waals surface area contributed by atoms with Crippen LogP contribution in [0.3, 0.4) is 0 Å². The van der Waals surface area contributed by atoms with E-state index in [0.717, 1.165) is 50.3 Å². The fraction of sp³-hybridized carbons (Fsp3) is 0.714. The molecule has 2 rings (SSSR count). The van der Waals surface area contributed by atoms with Gasteiger partial charge < -0.3 is 16.2 Å². The highest BCUT2D eigenvalue weighted by atomic mass is 16.3. The van der Waals surface area contributed by atoms with E-state index in [4.69, 9.17) is 5.73 Å². The van der Waals surface area contributed by atoms with Gasteiger partial charge in [-0.25, -0.2) is 9.97 Å². The van der Waals surface area contributed by atoms with E-state index in [-0.39, 0.29) is 6.10 Å². The smallest absolute Gasteiger partial charge is 0.133 e. The third-order valence-electron chi connectivity index (χ3n) is 3.59. The number of aryl methyl sites for hydroxylation is 1. The molecule has 5 nitrogen and oxygen atoms in total. The Bertz CT molecular complexity index is 410. The van der Waals surface area contributed by atoms with Gasteiger partial charge in [-0.1, -0.05) is 13.3 Å². The Kier molecular flexibility index (Phi) is 4.96. The molecule has 1 aliphatic carbocycles. The van der Waals surface area contributed by atoms with E-state index in [1.165, 1.54) is 6.42 Å². The van der Waals surface area contributed by atoms with Crippen LogP contribution < -0.4 is 11.1 Å². The van der Waals surface area contributed by atoms with Gasteiger partial charge >= 0.3 is 0 Å². The Morgan fingerprint density at radius 3 is 3.00 bits per heavy atom. The number of nitrogens with two attached hydrogens (primary N) is 1. The topological polar surface area (TPSA) is 84.1 Å². The van der Waals surface area contributed by atoms with Crippen molar-refractivity contribution in [1.82, 2.24) is 9.97 Å². The SMILES string of the molecule is CCCc1nc(N)cc(NCC2CCCC(O)C2)n1. The van der Waals surface area contributed by atoms with Crippen LogP contribution in [0.2, 0.25) is 0 Å². The Morgan fingerprint density at radius 2 is 2.26 bits per heavy atom. The zero-order valence-electron chi connectivity index (χ0n) is 11.6. The lowest BCUT2D eigenvalue weighted by atomic mass is 9.87. The number of nitrogen functional groups attached to an aromatic ring is 1. The molecule has 1 saturated carbocycles. The first-order valence-corrected chi connectivity index (χ1v) is 7.22. The molecule has 1 aromatic rings. The number of anilines is 2. The number of nitrogens with zero attached hydrogens (tertiary/aromatic N) is 2. The number of hydrogen-bond donors (Lipinski definition) is 3. The Hall–Kier alpha value is -1.36. The molecule has 106 valence electrons. The summed E-state index contributed by atoms with van der Waals surface area (Å²) in [5.74, 6) is 2.64. The van der Waals surface area contributed by atoms with Crippen molar-refractivity contribution >= 4 is 11.6 Å². The molecular weight excluding hydrogens is 240 g/mol. The van der Waals surface area contributed by atoms with Crippen LogP contribution in [0.25, 0.3) is 0 Å². The molecule has 1 heterocycles. The second kappa shape index (κ2) is 6.70. The van der Waals surface area contributed by atoms with Crippen LogP contribution in [0.4, 0.5) is 11.6 Å². The van der Waals surface area contributed by atoms with E-state index in [9.17, 15) is 5.11 Å². The van der Waals surface area contributed by atoms with E-state index in [0.29, 0.717) is 11.7 Å². The maximum absolute atomic E-state index is 9.66. The van der Waals surface area contributed by atoms with E-state index >= 15 is 0 Å². The minimum absolute atomic E-state index is 0.133. The van der Waals surface area contributed by atoms with Crippen LogP contribution in [-0.2, 0) is 6.42 Å². The molecule has 1 aromatic heterocycles. The van der Waals surface area contributed by atoms with Crippen molar-refractivity contribution in [3.05, 3.63) is 11.9 Å². The van der Waals surface area contributed by atoms with Gasteiger partial charge in [0.15, 0.2) is 0 Å². The van der Waals surface area contributed by atoms with Crippen LogP contribution >= 0.6 is 0 Å². The maximum Gasteiger partial charge on any atom is 0.133 e. The molecule has 19 heavy (non-hydrogen) atoms. The predicted octanol–water partition coefficient (Wildman–Crippen LogP) is 1.97. The van der Waals surface area contributed by atoms with Crippen molar-refractivity contribution in [3.63, 3.8) is 0 Å². The fourth-order valence-electron chi connectivity index (χ4n) is 2.64. The number of rotatable bonds is 5. The molecule has 0 radical (unpaired) electrons. The van der Waals surface area contributed by atoms with Crippen LogP contribution in [0, 0.1) is 5.92 Å². The lowest BCUT2D eigenvalue weighted by molar-refractivity contribution is 0.104. The van der Waals surface area contributed by atoms with E-state index in [1.54, 1.807) is 6.07 Å². The van der Waals surface area contributed by atoms with Gasteiger partial charge in [-0.3, -0.25) is 0 Å². The first-order valence-electron chi connectivity index (χ1n) is 7.22. The first kappa shape index (κ1) is 14.1. The summed E-state index contributed by atoms with van der Waals surface area (Å²) < 4.78 is 0. The first-order chi connectivity index (χ1) is 9.17. The minimum Gasteiger partial charge on any atom is -0.393 e. The molecule has 0 amide bonds. The van der Waals surface area contributed by atoms with Crippen molar-refractivity contribution < 1.29 is 5.11 Å². The van der Waals surface area contributed by atoms with E-state index in [2.05, 4.69) is 22.2 Å². The summed E-state index contributed by atoms with van der Waals surface area (Å²) in [6, 6.07) is 1.78. The molecule has 2 unspecified atom stereocenters. The summed E-state index contributed by atoms with van der Waals surface area (Å²) in [5.41, 5.74) is 5.79. The molecule has 4 N–H and O–H groups in total. The Labute approximate surface area is 114 Å². The molecule has 0 saturated heterocycles. The van der Waals surface area contributed by atoms with Gasteiger partial charge in [-0.05, 0) is 31.6 Å². The molecule has 1 aliphatic rings. The van der Waals surface area contributed by atoms with Gasteiger partial charge in [0.1, 0.15) is 17.5 Å². The molecule has 0 aromatic carbocycles. The van der Waals surface area contributed by atoms with Gasteiger partial charge in [0, 0.05) is 19.0 Å². The zero-order valence-corrected chi connectivity index (χ0v) is 11.6. The normalized spacial score (nSPS) is 23.3. The number of hydrogen-bond acceptors (Lipinski definition) is 5. The van der Waals surface area contributed by atoms with Crippen LogP contribution in [0.5, 0.6) is 0 Å². The van der Waals surface area contributed by atoms with Crippen molar-refractivity contribution in [2.75, 3.05) is 17.6 Å². The Balaban J connectivity index is 1.91. The average Bonchev–Trinajstić information content (AvgIpc) is 2.36. The number of nitrogens with one attached hydrogen (secondary N) is 1. The summed E-state index contributed by atoms with van der Waals surface area (Å²) in [6.07, 6.45) is 5.84. The average molecular weight is 264 g/mol. The van der Waals surface area contributed by atoms with Gasteiger partial charge in [0.2, 0.25) is 0 Å². The quantitative estimate of drug-likeness (QED) is 0.757. The van der Waals surface area contributed by atoms with Gasteiger partial charge in [0.25, 0.3) is 0 Å². The molecular formula is C14H24N4O. The third-order valence-corrected chi connectivity index (χ3v) is 3.59. The van der Waals surface area contributed by atoms with Gasteiger partial charge in [-0.2, -0.15) is 0 Å². The second-order valence-electron chi connectivity index (χ2n) is 5.41. The zero-order chi connectivity index (χ0) is 13.7. The number of aliphatic hydroxyl groups is 1. The van der Waals surface area contributed by atoms with E-state index < -0.39 is 0 Å². The molecule has 0 aliphatic heterocycles. The second-order valence-corrected chi connectivity index (χ2v) is 5.41. The van der Waals surface area contributed by atoms with Crippen molar-refractivity contribution in [1.29, 1.82) is 0 Å². The lowest BCUT2D eigenvalue weighted by Gasteiger charge is -2.26. The highest BCUT2D eigenvalue weighted by Gasteiger charge is 2.19. The van der Waals surface area contributed by atoms with Crippen molar-refractivity contribution in [3.8, 4) is 0 Å². The molecule has 0 spiro atoms. The summed E-state index contributed by atoms with van der Waals surface area (Å²) in [5, 5.41) is 13.0. The number of aromatic nitrogens is 2. The summed E-state index contributed by atoms with van der Waals surface area (Å²) in [7, 11) is 0. The monoisotopic (exact) mass is 264 g/mol. The highest BCUT2D eigenvalue weighted by Crippen LogP contribution is 2.24. The van der Waals surface area contributed by atoms with Gasteiger partial charge in [-0.15, -0.1) is 0 Å². The lowest BCUT2D eigenvalue weighted by Crippen LogP contribution is -2.25. The minimum atomic E-state index is -0.133. The molecule has 2 atom stereocenters. The standard InChI is InChI=1S/C14H24N4O/c1-2-4-13-17-12(15)8-14(18-13)16-9-10-5-3-6-11(19)7-10/h8,10-11,19H,2-7,9H2,1H3,(H3,15,16,17,18).